The second kappa shape index (κ2) is 8.74. The average Bonchev–Trinajstić information content (AvgIpc) is 3.05. The maximum absolute atomic E-state index is 9.49. The van der Waals surface area contributed by atoms with E-state index in [0.717, 1.165) is 49.9 Å². The van der Waals surface area contributed by atoms with Crippen molar-refractivity contribution in [2.75, 3.05) is 32.8 Å². The topological polar surface area (TPSA) is 44.5 Å². The first-order chi connectivity index (χ1) is 12.8. The zero-order chi connectivity index (χ0) is 19.4. The minimum atomic E-state index is 0.244. The van der Waals surface area contributed by atoms with Crippen LogP contribution in [0.4, 0.5) is 0 Å². The molecule has 1 atom stereocenters. The third kappa shape index (κ3) is 5.79. The number of rotatable bonds is 6. The first kappa shape index (κ1) is 20.3. The average molecular weight is 391 g/mol. The quantitative estimate of drug-likeness (QED) is 0.820. The van der Waals surface area contributed by atoms with Gasteiger partial charge in [-0.05, 0) is 36.1 Å². The molecule has 1 N–H and O–H groups in total. The van der Waals surface area contributed by atoms with Crippen molar-refractivity contribution in [3.05, 3.63) is 47.2 Å². The molecule has 0 radical (unpaired) electrons. The van der Waals surface area contributed by atoms with Crippen molar-refractivity contribution in [3.63, 3.8) is 0 Å². The molecule has 0 bridgehead atoms. The van der Waals surface area contributed by atoms with Gasteiger partial charge < -0.3 is 5.11 Å². The minimum absolute atomic E-state index is 0.244. The first-order valence-electron chi connectivity index (χ1n) is 9.71. The molecule has 3 rings (SSSR count). The number of piperazine rings is 1. The van der Waals surface area contributed by atoms with Crippen molar-refractivity contribution < 1.29 is 5.11 Å². The highest BCUT2D eigenvalue weighted by atomic mass is 35.5. The summed E-state index contributed by atoms with van der Waals surface area (Å²) in [4.78, 5) is 5.02. The summed E-state index contributed by atoms with van der Waals surface area (Å²) in [5.41, 5.74) is 2.49. The molecule has 0 saturated carbocycles. The van der Waals surface area contributed by atoms with Crippen molar-refractivity contribution in [1.82, 2.24) is 19.6 Å². The van der Waals surface area contributed by atoms with Gasteiger partial charge in [0.25, 0.3) is 0 Å². The van der Waals surface area contributed by atoms with Crippen LogP contribution in [0.25, 0.3) is 5.69 Å². The van der Waals surface area contributed by atoms with Gasteiger partial charge in [0, 0.05) is 62.2 Å². The molecule has 0 amide bonds. The highest BCUT2D eigenvalue weighted by Crippen LogP contribution is 2.22. The fourth-order valence-corrected chi connectivity index (χ4v) is 3.90. The van der Waals surface area contributed by atoms with Gasteiger partial charge >= 0.3 is 0 Å². The molecule has 0 unspecified atom stereocenters. The highest BCUT2D eigenvalue weighted by Gasteiger charge is 2.29. The van der Waals surface area contributed by atoms with Crippen LogP contribution in [0.1, 0.15) is 32.8 Å². The maximum Gasteiger partial charge on any atom is 0.0646 e. The van der Waals surface area contributed by atoms with E-state index in [1.54, 1.807) is 0 Å². The van der Waals surface area contributed by atoms with E-state index in [4.69, 9.17) is 11.6 Å². The molecule has 1 saturated heterocycles. The number of nitrogens with zero attached hydrogens (tertiary/aromatic N) is 4. The Hall–Kier alpha value is -1.40. The Bertz CT molecular complexity index is 723. The van der Waals surface area contributed by atoms with Gasteiger partial charge in [-0.25, -0.2) is 4.68 Å². The van der Waals surface area contributed by atoms with E-state index in [9.17, 15) is 5.11 Å². The van der Waals surface area contributed by atoms with E-state index >= 15 is 0 Å². The van der Waals surface area contributed by atoms with Crippen LogP contribution in [0.5, 0.6) is 0 Å². The standard InChI is InChI=1S/C21H31ClN4O/c1-21(2,3)16-25-10-9-24(15-20(25)8-11-27)13-17-12-23-26(14-17)19-6-4-18(22)5-7-19/h4-7,12,14,20,27H,8-11,13,15-16H2,1-3H3/t20-/m1/s1. The predicted octanol–water partition coefficient (Wildman–Crippen LogP) is 3.44. The Morgan fingerprint density at radius 3 is 2.59 bits per heavy atom. The van der Waals surface area contributed by atoms with Gasteiger partial charge in [-0.15, -0.1) is 0 Å². The van der Waals surface area contributed by atoms with E-state index in [1.807, 2.05) is 35.1 Å². The molecule has 1 aromatic carbocycles. The number of aromatic nitrogens is 2. The second-order valence-corrected chi connectivity index (χ2v) is 9.14. The number of benzene rings is 1. The molecule has 0 spiro atoms. The van der Waals surface area contributed by atoms with Crippen molar-refractivity contribution in [3.8, 4) is 5.69 Å². The van der Waals surface area contributed by atoms with Gasteiger partial charge in [0.1, 0.15) is 0 Å². The predicted molar refractivity (Wildman–Crippen MR) is 110 cm³/mol. The molecule has 1 fully saturated rings. The molecule has 27 heavy (non-hydrogen) atoms. The summed E-state index contributed by atoms with van der Waals surface area (Å²) in [5.74, 6) is 0. The molecule has 1 aromatic heterocycles. The third-order valence-electron chi connectivity index (χ3n) is 4.96. The fraction of sp³-hybridized carbons (Fsp3) is 0.571. The van der Waals surface area contributed by atoms with Crippen LogP contribution >= 0.6 is 11.6 Å². The Morgan fingerprint density at radius 2 is 1.93 bits per heavy atom. The van der Waals surface area contributed by atoms with E-state index < -0.39 is 0 Å². The molecular weight excluding hydrogens is 360 g/mol. The van der Waals surface area contributed by atoms with E-state index in [1.165, 1.54) is 5.56 Å². The zero-order valence-electron chi connectivity index (χ0n) is 16.6. The highest BCUT2D eigenvalue weighted by molar-refractivity contribution is 6.30. The van der Waals surface area contributed by atoms with Crippen LogP contribution in [-0.2, 0) is 6.54 Å². The number of hydrogen-bond acceptors (Lipinski definition) is 4. The van der Waals surface area contributed by atoms with Crippen LogP contribution in [0.3, 0.4) is 0 Å². The maximum atomic E-state index is 9.49. The Balaban J connectivity index is 1.62. The van der Waals surface area contributed by atoms with Gasteiger partial charge in [0.2, 0.25) is 0 Å². The summed E-state index contributed by atoms with van der Waals surface area (Å²) in [6.07, 6.45) is 4.86. The molecule has 2 aromatic rings. The van der Waals surface area contributed by atoms with Crippen molar-refractivity contribution in [2.45, 2.75) is 39.8 Å². The molecular formula is C21H31ClN4O. The van der Waals surface area contributed by atoms with E-state index in [2.05, 4.69) is 41.9 Å². The summed E-state index contributed by atoms with van der Waals surface area (Å²) >= 11 is 5.97. The van der Waals surface area contributed by atoms with Gasteiger partial charge in [0.05, 0.1) is 11.9 Å². The summed E-state index contributed by atoms with van der Waals surface area (Å²) in [5, 5.41) is 14.7. The minimum Gasteiger partial charge on any atom is -0.396 e. The smallest absolute Gasteiger partial charge is 0.0646 e. The summed E-state index contributed by atoms with van der Waals surface area (Å²) < 4.78 is 1.90. The van der Waals surface area contributed by atoms with Crippen LogP contribution < -0.4 is 0 Å². The van der Waals surface area contributed by atoms with Gasteiger partial charge in [-0.3, -0.25) is 9.80 Å². The first-order valence-corrected chi connectivity index (χ1v) is 10.1. The third-order valence-corrected chi connectivity index (χ3v) is 5.21. The van der Waals surface area contributed by atoms with Crippen molar-refractivity contribution in [2.24, 2.45) is 5.41 Å². The normalized spacial score (nSPS) is 19.5. The monoisotopic (exact) mass is 390 g/mol. The molecule has 148 valence electrons. The Morgan fingerprint density at radius 1 is 1.19 bits per heavy atom. The molecule has 5 nitrogen and oxygen atoms in total. The van der Waals surface area contributed by atoms with Crippen molar-refractivity contribution in [1.29, 1.82) is 0 Å². The van der Waals surface area contributed by atoms with Gasteiger partial charge in [0.15, 0.2) is 0 Å². The summed E-state index contributed by atoms with van der Waals surface area (Å²) in [7, 11) is 0. The van der Waals surface area contributed by atoms with Crippen LogP contribution in [-0.4, -0.2) is 63.5 Å². The lowest BCUT2D eigenvalue weighted by atomic mass is 9.94. The SMILES string of the molecule is CC(C)(C)CN1CCN(Cc2cnn(-c3ccc(Cl)cc3)c2)C[C@H]1CCO. The molecule has 6 heteroatoms. The second-order valence-electron chi connectivity index (χ2n) is 8.70. The number of hydrogen-bond donors (Lipinski definition) is 1. The molecule has 2 heterocycles. The molecule has 1 aliphatic rings. The van der Waals surface area contributed by atoms with Crippen LogP contribution in [0.2, 0.25) is 5.02 Å². The van der Waals surface area contributed by atoms with Gasteiger partial charge in [-0.1, -0.05) is 32.4 Å². The van der Waals surface area contributed by atoms with Crippen molar-refractivity contribution >= 4 is 11.6 Å². The van der Waals surface area contributed by atoms with E-state index in [-0.39, 0.29) is 12.0 Å². The molecule has 1 aliphatic heterocycles. The number of aliphatic hydroxyl groups is 1. The fourth-order valence-electron chi connectivity index (χ4n) is 3.78. The lowest BCUT2D eigenvalue weighted by Crippen LogP contribution is -2.54. The number of aliphatic hydroxyl groups excluding tert-OH is 1. The number of halogens is 1. The van der Waals surface area contributed by atoms with Crippen LogP contribution in [0, 0.1) is 5.41 Å². The molecule has 0 aliphatic carbocycles. The largest absolute Gasteiger partial charge is 0.396 e. The van der Waals surface area contributed by atoms with E-state index in [0.29, 0.717) is 6.04 Å². The lowest BCUT2D eigenvalue weighted by molar-refractivity contribution is 0.0340. The lowest BCUT2D eigenvalue weighted by Gasteiger charge is -2.43. The summed E-state index contributed by atoms with van der Waals surface area (Å²) in [6, 6.07) is 8.12. The Labute approximate surface area is 167 Å². The Kier molecular flexibility index (Phi) is 6.58. The van der Waals surface area contributed by atoms with Gasteiger partial charge in [-0.2, -0.15) is 5.10 Å². The zero-order valence-corrected chi connectivity index (χ0v) is 17.4. The van der Waals surface area contributed by atoms with Crippen LogP contribution in [0.15, 0.2) is 36.7 Å². The summed E-state index contributed by atoms with van der Waals surface area (Å²) in [6.45, 7) is 12.1.